The topological polar surface area (TPSA) is 65.8 Å². The normalized spacial score (nSPS) is 8.67. The monoisotopic (exact) mass is 161 g/mol. The molecule has 0 aliphatic rings. The molecule has 0 aliphatic carbocycles. The van der Waals surface area contributed by atoms with E-state index in [0.29, 0.717) is 5.69 Å². The van der Waals surface area contributed by atoms with Crippen LogP contribution in [0, 0.1) is 18.4 Å². The third-order valence-electron chi connectivity index (χ3n) is 1.39. The Hall–Kier alpha value is -1.89. The molecule has 0 radical (unpaired) electrons. The summed E-state index contributed by atoms with van der Waals surface area (Å²) < 4.78 is 0. The summed E-state index contributed by atoms with van der Waals surface area (Å²) in [5.41, 5.74) is 1.05. The van der Waals surface area contributed by atoms with Gasteiger partial charge in [-0.1, -0.05) is 6.07 Å². The highest BCUT2D eigenvalue weighted by atomic mass is 16.1. The SMILES string of the molecule is Cc1cccnc1C(=O)NC#N. The van der Waals surface area contributed by atoms with E-state index >= 15 is 0 Å². The zero-order chi connectivity index (χ0) is 8.97. The fourth-order valence-corrected chi connectivity index (χ4v) is 0.833. The molecule has 1 aromatic rings. The highest BCUT2D eigenvalue weighted by molar-refractivity contribution is 5.94. The summed E-state index contributed by atoms with van der Waals surface area (Å²) in [5, 5.41) is 10.2. The molecule has 1 aromatic heterocycles. The van der Waals surface area contributed by atoms with Crippen molar-refractivity contribution in [1.29, 1.82) is 5.26 Å². The van der Waals surface area contributed by atoms with Crippen LogP contribution in [0.3, 0.4) is 0 Å². The number of aryl methyl sites for hydroxylation is 1. The number of rotatable bonds is 1. The number of hydrogen-bond donors (Lipinski definition) is 1. The second kappa shape index (κ2) is 3.49. The van der Waals surface area contributed by atoms with Crippen LogP contribution in [0.5, 0.6) is 0 Å². The van der Waals surface area contributed by atoms with Crippen molar-refractivity contribution in [2.24, 2.45) is 0 Å². The van der Waals surface area contributed by atoms with Crippen molar-refractivity contribution in [3.63, 3.8) is 0 Å². The number of amides is 1. The molecule has 1 heterocycles. The third-order valence-corrected chi connectivity index (χ3v) is 1.39. The Kier molecular flexibility index (Phi) is 2.38. The molecule has 1 amide bonds. The highest BCUT2D eigenvalue weighted by Crippen LogP contribution is 2.01. The second-order valence-electron chi connectivity index (χ2n) is 2.23. The maximum Gasteiger partial charge on any atom is 0.283 e. The Bertz CT molecular complexity index is 340. The van der Waals surface area contributed by atoms with Crippen molar-refractivity contribution >= 4 is 5.91 Å². The van der Waals surface area contributed by atoms with Crippen LogP contribution in [0.15, 0.2) is 18.3 Å². The van der Waals surface area contributed by atoms with E-state index in [4.69, 9.17) is 5.26 Å². The van der Waals surface area contributed by atoms with Crippen LogP contribution >= 0.6 is 0 Å². The number of carbonyl (C=O) groups excluding carboxylic acids is 1. The predicted octanol–water partition coefficient (Wildman–Crippen LogP) is 0.601. The van der Waals surface area contributed by atoms with Crippen LogP contribution < -0.4 is 5.32 Å². The van der Waals surface area contributed by atoms with Crippen molar-refractivity contribution in [3.8, 4) is 6.19 Å². The van der Waals surface area contributed by atoms with Gasteiger partial charge in [0.15, 0.2) is 6.19 Å². The molecule has 0 aromatic carbocycles. The molecule has 60 valence electrons. The summed E-state index contributed by atoms with van der Waals surface area (Å²) in [4.78, 5) is 14.9. The molecule has 4 nitrogen and oxygen atoms in total. The molecule has 1 N–H and O–H groups in total. The average molecular weight is 161 g/mol. The summed E-state index contributed by atoms with van der Waals surface area (Å²) in [6.07, 6.45) is 3.07. The Morgan fingerprint density at radius 1 is 1.75 bits per heavy atom. The van der Waals surface area contributed by atoms with E-state index in [1.54, 1.807) is 25.2 Å². The molecular weight excluding hydrogens is 154 g/mol. The van der Waals surface area contributed by atoms with Crippen molar-refractivity contribution in [1.82, 2.24) is 10.3 Å². The molecule has 0 saturated heterocycles. The molecule has 0 unspecified atom stereocenters. The summed E-state index contributed by atoms with van der Waals surface area (Å²) in [5.74, 6) is -0.462. The van der Waals surface area contributed by atoms with E-state index in [1.807, 2.05) is 5.32 Å². The Balaban J connectivity index is 2.97. The lowest BCUT2D eigenvalue weighted by Gasteiger charge is -1.99. The summed E-state index contributed by atoms with van der Waals surface area (Å²) >= 11 is 0. The van der Waals surface area contributed by atoms with Crippen LogP contribution in [0.1, 0.15) is 16.1 Å². The van der Waals surface area contributed by atoms with E-state index in [9.17, 15) is 4.79 Å². The molecule has 4 heteroatoms. The molecule has 0 fully saturated rings. The van der Waals surface area contributed by atoms with Gasteiger partial charge in [-0.3, -0.25) is 15.1 Å². The van der Waals surface area contributed by atoms with Gasteiger partial charge in [0.1, 0.15) is 5.69 Å². The van der Waals surface area contributed by atoms with E-state index in [0.717, 1.165) is 5.56 Å². The largest absolute Gasteiger partial charge is 0.283 e. The van der Waals surface area contributed by atoms with Crippen molar-refractivity contribution < 1.29 is 4.79 Å². The number of carbonyl (C=O) groups is 1. The van der Waals surface area contributed by atoms with Crippen LogP contribution in [-0.4, -0.2) is 10.9 Å². The fraction of sp³-hybridized carbons (Fsp3) is 0.125. The number of nitrogens with one attached hydrogen (secondary N) is 1. The van der Waals surface area contributed by atoms with Crippen LogP contribution in [0.25, 0.3) is 0 Å². The fourth-order valence-electron chi connectivity index (χ4n) is 0.833. The maximum absolute atomic E-state index is 11.1. The van der Waals surface area contributed by atoms with Crippen molar-refractivity contribution in [2.75, 3.05) is 0 Å². The standard InChI is InChI=1S/C8H7N3O/c1-6-3-2-4-10-7(6)8(12)11-5-9/h2-4H,1H3,(H,11,12). The van der Waals surface area contributed by atoms with Gasteiger partial charge < -0.3 is 0 Å². The Morgan fingerprint density at radius 3 is 3.08 bits per heavy atom. The number of hydrogen-bond acceptors (Lipinski definition) is 3. The lowest BCUT2D eigenvalue weighted by Crippen LogP contribution is -2.19. The molecule has 0 saturated carbocycles. The van der Waals surface area contributed by atoms with Crippen LogP contribution in [0.2, 0.25) is 0 Å². The lowest BCUT2D eigenvalue weighted by atomic mass is 10.2. The van der Waals surface area contributed by atoms with Gasteiger partial charge in [-0.15, -0.1) is 0 Å². The minimum atomic E-state index is -0.462. The highest BCUT2D eigenvalue weighted by Gasteiger charge is 2.07. The molecule has 0 aliphatic heterocycles. The Morgan fingerprint density at radius 2 is 2.50 bits per heavy atom. The summed E-state index contributed by atoms with van der Waals surface area (Å²) in [6.45, 7) is 1.76. The predicted molar refractivity (Wildman–Crippen MR) is 42.1 cm³/mol. The maximum atomic E-state index is 11.1. The summed E-state index contributed by atoms with van der Waals surface area (Å²) in [6, 6.07) is 3.50. The van der Waals surface area contributed by atoms with Crippen molar-refractivity contribution in [3.05, 3.63) is 29.6 Å². The molecule has 0 bridgehead atoms. The van der Waals surface area contributed by atoms with Gasteiger partial charge in [0, 0.05) is 6.20 Å². The third kappa shape index (κ3) is 1.58. The second-order valence-corrected chi connectivity index (χ2v) is 2.23. The number of aromatic nitrogens is 1. The average Bonchev–Trinajstić information content (AvgIpc) is 2.05. The first-order chi connectivity index (χ1) is 5.75. The first-order valence-electron chi connectivity index (χ1n) is 3.36. The number of nitrogens with zero attached hydrogens (tertiary/aromatic N) is 2. The Labute approximate surface area is 69.8 Å². The summed E-state index contributed by atoms with van der Waals surface area (Å²) in [7, 11) is 0. The zero-order valence-corrected chi connectivity index (χ0v) is 6.53. The van der Waals surface area contributed by atoms with Gasteiger partial charge in [-0.05, 0) is 18.6 Å². The van der Waals surface area contributed by atoms with Crippen molar-refractivity contribution in [2.45, 2.75) is 6.92 Å². The molecule has 0 spiro atoms. The van der Waals surface area contributed by atoms with E-state index < -0.39 is 5.91 Å². The quantitative estimate of drug-likeness (QED) is 0.484. The van der Waals surface area contributed by atoms with Gasteiger partial charge in [-0.2, -0.15) is 5.26 Å². The van der Waals surface area contributed by atoms with Gasteiger partial charge in [0.05, 0.1) is 0 Å². The van der Waals surface area contributed by atoms with Gasteiger partial charge >= 0.3 is 0 Å². The van der Waals surface area contributed by atoms with E-state index in [-0.39, 0.29) is 0 Å². The first kappa shape index (κ1) is 8.21. The first-order valence-corrected chi connectivity index (χ1v) is 3.36. The van der Waals surface area contributed by atoms with E-state index in [2.05, 4.69) is 4.98 Å². The van der Waals surface area contributed by atoms with Crippen LogP contribution in [0.4, 0.5) is 0 Å². The molecule has 0 atom stereocenters. The van der Waals surface area contributed by atoms with Gasteiger partial charge in [0.25, 0.3) is 5.91 Å². The molecular formula is C8H7N3O. The number of pyridine rings is 1. The van der Waals surface area contributed by atoms with Gasteiger partial charge in [0.2, 0.25) is 0 Å². The molecule has 12 heavy (non-hydrogen) atoms. The smallest absolute Gasteiger partial charge is 0.266 e. The van der Waals surface area contributed by atoms with Crippen LogP contribution in [-0.2, 0) is 0 Å². The zero-order valence-electron chi connectivity index (χ0n) is 6.53. The van der Waals surface area contributed by atoms with E-state index in [1.165, 1.54) is 6.20 Å². The van der Waals surface area contributed by atoms with Gasteiger partial charge in [-0.25, -0.2) is 0 Å². The molecule has 1 rings (SSSR count). The minimum Gasteiger partial charge on any atom is -0.266 e. The number of nitriles is 1. The minimum absolute atomic E-state index is 0.291. The lowest BCUT2D eigenvalue weighted by molar-refractivity contribution is 0.0967.